The summed E-state index contributed by atoms with van der Waals surface area (Å²) in [4.78, 5) is 8.52. The van der Waals surface area contributed by atoms with Crippen molar-refractivity contribution in [2.24, 2.45) is 4.99 Å². The molecule has 0 amide bonds. The highest BCUT2D eigenvalue weighted by Gasteiger charge is 2.13. The Balaban J connectivity index is 0.00000272. The molecule has 2 N–H and O–H groups in total. The Labute approximate surface area is 197 Å². The van der Waals surface area contributed by atoms with Crippen molar-refractivity contribution in [1.29, 1.82) is 0 Å². The van der Waals surface area contributed by atoms with E-state index in [1.807, 2.05) is 31.2 Å². The number of nitrogens with zero attached hydrogens (tertiary/aromatic N) is 3. The third-order valence-corrected chi connectivity index (χ3v) is 4.70. The number of nitrogens with one attached hydrogen (secondary N) is 2. The summed E-state index contributed by atoms with van der Waals surface area (Å²) in [7, 11) is 0. The monoisotopic (exact) mass is 537 g/mol. The normalized spacial score (nSPS) is 12.4. The van der Waals surface area contributed by atoms with Crippen LogP contribution < -0.4 is 20.1 Å². The Bertz CT molecular complexity index is 1030. The number of aromatic nitrogens is 2. The van der Waals surface area contributed by atoms with E-state index in [2.05, 4.69) is 20.6 Å². The molecule has 0 saturated carbocycles. The molecule has 2 heterocycles. The van der Waals surface area contributed by atoms with Gasteiger partial charge in [0.2, 0.25) is 6.79 Å². The zero-order valence-corrected chi connectivity index (χ0v) is 19.5. The number of guanidine groups is 1. The van der Waals surface area contributed by atoms with Crippen LogP contribution in [0.25, 0.3) is 5.69 Å². The highest BCUT2D eigenvalue weighted by Crippen LogP contribution is 2.32. The summed E-state index contributed by atoms with van der Waals surface area (Å²) in [6, 6.07) is 11.1. The molecule has 1 aliphatic rings. The smallest absolute Gasteiger partial charge is 0.231 e. The number of ether oxygens (including phenoxy) is 2. The summed E-state index contributed by atoms with van der Waals surface area (Å²) in [6.07, 6.45) is 5.72. The second-order valence-electron chi connectivity index (χ2n) is 6.82. The maximum Gasteiger partial charge on any atom is 0.231 e. The topological polar surface area (TPSA) is 72.7 Å². The highest BCUT2D eigenvalue weighted by molar-refractivity contribution is 14.0. The van der Waals surface area contributed by atoms with Gasteiger partial charge in [-0.15, -0.1) is 24.0 Å². The van der Waals surface area contributed by atoms with Crippen molar-refractivity contribution in [1.82, 2.24) is 20.2 Å². The van der Waals surface area contributed by atoms with Gasteiger partial charge in [-0.3, -0.25) is 0 Å². The van der Waals surface area contributed by atoms with Gasteiger partial charge in [-0.2, -0.15) is 0 Å². The lowest BCUT2D eigenvalue weighted by Crippen LogP contribution is -2.38. The van der Waals surface area contributed by atoms with Crippen molar-refractivity contribution in [3.05, 3.63) is 72.1 Å². The van der Waals surface area contributed by atoms with Gasteiger partial charge in [0.1, 0.15) is 5.82 Å². The Kier molecular flexibility index (Phi) is 8.10. The number of benzene rings is 2. The molecule has 0 aliphatic carbocycles. The first kappa shape index (κ1) is 22.9. The van der Waals surface area contributed by atoms with Crippen molar-refractivity contribution < 1.29 is 13.9 Å². The Morgan fingerprint density at radius 3 is 2.74 bits per heavy atom. The van der Waals surface area contributed by atoms with Crippen molar-refractivity contribution in [2.75, 3.05) is 19.9 Å². The molecule has 0 fully saturated rings. The number of rotatable bonds is 7. The van der Waals surface area contributed by atoms with Gasteiger partial charge in [-0.05, 0) is 48.7 Å². The molecule has 31 heavy (non-hydrogen) atoms. The second-order valence-corrected chi connectivity index (χ2v) is 6.82. The average Bonchev–Trinajstić information content (AvgIpc) is 3.44. The third kappa shape index (κ3) is 5.87. The minimum atomic E-state index is -0.304. The molecule has 7 nitrogen and oxygen atoms in total. The second kappa shape index (κ2) is 11.0. The van der Waals surface area contributed by atoms with Crippen LogP contribution in [0.1, 0.15) is 18.1 Å². The third-order valence-electron chi connectivity index (χ3n) is 4.70. The first-order valence-corrected chi connectivity index (χ1v) is 9.90. The van der Waals surface area contributed by atoms with Gasteiger partial charge in [0, 0.05) is 25.5 Å². The molecular weight excluding hydrogens is 512 g/mol. The van der Waals surface area contributed by atoms with E-state index in [1.54, 1.807) is 29.4 Å². The molecule has 0 spiro atoms. The minimum Gasteiger partial charge on any atom is -0.454 e. The molecule has 1 aliphatic heterocycles. The summed E-state index contributed by atoms with van der Waals surface area (Å²) in [6.45, 7) is 4.11. The van der Waals surface area contributed by atoms with Crippen molar-refractivity contribution >= 4 is 29.9 Å². The molecule has 3 aromatic rings. The van der Waals surface area contributed by atoms with Crippen LogP contribution in [0.2, 0.25) is 0 Å². The Morgan fingerprint density at radius 2 is 1.97 bits per heavy atom. The fraction of sp³-hybridized carbons (Fsp3) is 0.273. The molecule has 2 aromatic carbocycles. The van der Waals surface area contributed by atoms with E-state index in [-0.39, 0.29) is 36.6 Å². The lowest BCUT2D eigenvalue weighted by atomic mass is 10.1. The van der Waals surface area contributed by atoms with Crippen LogP contribution in [-0.2, 0) is 13.0 Å². The van der Waals surface area contributed by atoms with Gasteiger partial charge in [-0.25, -0.2) is 14.4 Å². The fourth-order valence-electron chi connectivity index (χ4n) is 3.19. The van der Waals surface area contributed by atoms with Crippen molar-refractivity contribution in [3.8, 4) is 17.2 Å². The SMILES string of the molecule is CCNC(=NCc1ccc(-n2ccnc2)c(F)c1)NCCc1ccc2c(c1)OCO2.I. The van der Waals surface area contributed by atoms with Gasteiger partial charge in [-0.1, -0.05) is 12.1 Å². The van der Waals surface area contributed by atoms with E-state index >= 15 is 0 Å². The standard InChI is InChI=1S/C22H24FN5O2.HI/c1-2-25-22(26-8-7-16-4-6-20-21(12-16)30-15-29-20)27-13-17-3-5-19(18(23)11-17)28-10-9-24-14-28;/h3-6,9-12,14H,2,7-8,13,15H2,1H3,(H2,25,26,27);1H. The van der Waals surface area contributed by atoms with Crippen LogP contribution in [0.3, 0.4) is 0 Å². The van der Waals surface area contributed by atoms with Crippen LogP contribution in [0.5, 0.6) is 11.5 Å². The summed E-state index contributed by atoms with van der Waals surface area (Å²) >= 11 is 0. The number of hydrogen-bond donors (Lipinski definition) is 2. The number of fused-ring (bicyclic) bond motifs is 1. The lowest BCUT2D eigenvalue weighted by molar-refractivity contribution is 0.174. The van der Waals surface area contributed by atoms with Gasteiger partial charge in [0.15, 0.2) is 17.5 Å². The average molecular weight is 537 g/mol. The molecule has 1 aromatic heterocycles. The Morgan fingerprint density at radius 1 is 1.13 bits per heavy atom. The fourth-order valence-corrected chi connectivity index (χ4v) is 3.19. The van der Waals surface area contributed by atoms with Gasteiger partial charge in [0.05, 0.1) is 18.6 Å². The van der Waals surface area contributed by atoms with E-state index < -0.39 is 0 Å². The predicted octanol–water partition coefficient (Wildman–Crippen LogP) is 3.66. The van der Waals surface area contributed by atoms with E-state index in [9.17, 15) is 4.39 Å². The summed E-state index contributed by atoms with van der Waals surface area (Å²) in [5.41, 5.74) is 2.41. The predicted molar refractivity (Wildman–Crippen MR) is 128 cm³/mol. The minimum absolute atomic E-state index is 0. The molecule has 164 valence electrons. The number of aliphatic imine (C=N–C) groups is 1. The van der Waals surface area contributed by atoms with Crippen molar-refractivity contribution in [2.45, 2.75) is 19.9 Å². The maximum atomic E-state index is 14.4. The molecular formula is C22H25FIN5O2. The summed E-state index contributed by atoms with van der Waals surface area (Å²) in [5.74, 6) is 1.96. The van der Waals surface area contributed by atoms with E-state index in [1.165, 1.54) is 6.07 Å². The molecule has 0 atom stereocenters. The van der Waals surface area contributed by atoms with Crippen LogP contribution >= 0.6 is 24.0 Å². The summed E-state index contributed by atoms with van der Waals surface area (Å²) < 4.78 is 26.8. The molecule has 0 radical (unpaired) electrons. The van der Waals surface area contributed by atoms with E-state index in [0.717, 1.165) is 35.6 Å². The maximum absolute atomic E-state index is 14.4. The molecule has 0 saturated heterocycles. The highest BCUT2D eigenvalue weighted by atomic mass is 127. The lowest BCUT2D eigenvalue weighted by Gasteiger charge is -2.12. The quantitative estimate of drug-likeness (QED) is 0.274. The zero-order chi connectivity index (χ0) is 20.8. The van der Waals surface area contributed by atoms with Crippen LogP contribution in [0.15, 0.2) is 60.1 Å². The largest absolute Gasteiger partial charge is 0.454 e. The first-order chi connectivity index (χ1) is 14.7. The zero-order valence-electron chi connectivity index (χ0n) is 17.2. The summed E-state index contributed by atoms with van der Waals surface area (Å²) in [5, 5.41) is 6.53. The van der Waals surface area contributed by atoms with Crippen LogP contribution in [0.4, 0.5) is 4.39 Å². The number of hydrogen-bond acceptors (Lipinski definition) is 4. The first-order valence-electron chi connectivity index (χ1n) is 9.90. The molecule has 0 unspecified atom stereocenters. The van der Waals surface area contributed by atoms with Crippen molar-refractivity contribution in [3.63, 3.8) is 0 Å². The van der Waals surface area contributed by atoms with E-state index in [4.69, 9.17) is 9.47 Å². The molecule has 4 rings (SSSR count). The molecule has 9 heteroatoms. The van der Waals surface area contributed by atoms with Gasteiger partial charge < -0.3 is 24.7 Å². The van der Waals surface area contributed by atoms with Crippen LogP contribution in [-0.4, -0.2) is 35.4 Å². The van der Waals surface area contributed by atoms with Crippen LogP contribution in [0, 0.1) is 5.82 Å². The van der Waals surface area contributed by atoms with Gasteiger partial charge >= 0.3 is 0 Å². The number of imidazole rings is 1. The van der Waals surface area contributed by atoms with E-state index in [0.29, 0.717) is 24.7 Å². The number of halogens is 2. The molecule has 0 bridgehead atoms. The van der Waals surface area contributed by atoms with Gasteiger partial charge in [0.25, 0.3) is 0 Å². The Hall–Kier alpha value is -2.82.